The van der Waals surface area contributed by atoms with E-state index in [4.69, 9.17) is 15.6 Å². The lowest BCUT2D eigenvalue weighted by atomic mass is 10.0. The van der Waals surface area contributed by atoms with Crippen molar-refractivity contribution in [2.24, 2.45) is 0 Å². The number of carbonyl (C=O) groups is 1. The molecule has 5 nitrogen and oxygen atoms in total. The zero-order valence-corrected chi connectivity index (χ0v) is 15.6. The molecule has 0 fully saturated rings. The van der Waals surface area contributed by atoms with Gasteiger partial charge in [-0.05, 0) is 36.8 Å². The van der Waals surface area contributed by atoms with E-state index in [2.05, 4.69) is 4.98 Å². The highest BCUT2D eigenvalue weighted by atomic mass is 19.4. The number of ether oxygens (including phenoxy) is 1. The highest BCUT2D eigenvalue weighted by Crippen LogP contribution is 2.38. The average Bonchev–Trinajstić information content (AvgIpc) is 2.68. The Labute approximate surface area is 168 Å². The first-order chi connectivity index (χ1) is 14.1. The first kappa shape index (κ1) is 21.1. The van der Waals surface area contributed by atoms with Crippen molar-refractivity contribution in [1.29, 1.82) is 0 Å². The van der Waals surface area contributed by atoms with Crippen LogP contribution >= 0.6 is 0 Å². The van der Waals surface area contributed by atoms with E-state index in [9.17, 15) is 22.4 Å². The highest BCUT2D eigenvalue weighted by Gasteiger charge is 2.38. The summed E-state index contributed by atoms with van der Waals surface area (Å²) in [6.45, 7) is 1.35. The van der Waals surface area contributed by atoms with Gasteiger partial charge in [0.25, 0.3) is 0 Å². The largest absolute Gasteiger partial charge is 0.482 e. The fraction of sp³-hybridized carbons (Fsp3) is 0.143. The number of nitrogens with zero attached hydrogens (tertiary/aromatic N) is 1. The summed E-state index contributed by atoms with van der Waals surface area (Å²) < 4.78 is 59.3. The molecule has 0 aliphatic carbocycles. The molecule has 0 radical (unpaired) electrons. The number of nitrogens with two attached hydrogens (primary N) is 1. The lowest BCUT2D eigenvalue weighted by molar-refractivity contribution is -0.141. The van der Waals surface area contributed by atoms with E-state index in [0.29, 0.717) is 11.1 Å². The quantitative estimate of drug-likeness (QED) is 0.545. The van der Waals surface area contributed by atoms with Gasteiger partial charge in [-0.2, -0.15) is 13.2 Å². The fourth-order valence-electron chi connectivity index (χ4n) is 2.95. The molecule has 30 heavy (non-hydrogen) atoms. The van der Waals surface area contributed by atoms with Crippen molar-refractivity contribution in [2.45, 2.75) is 19.2 Å². The van der Waals surface area contributed by atoms with Crippen LogP contribution in [0.2, 0.25) is 0 Å². The molecular weight excluding hydrogens is 404 g/mol. The zero-order valence-electron chi connectivity index (χ0n) is 15.6. The number of anilines is 1. The first-order valence-corrected chi connectivity index (χ1v) is 8.69. The van der Waals surface area contributed by atoms with Crippen LogP contribution in [0.25, 0.3) is 11.1 Å². The van der Waals surface area contributed by atoms with Gasteiger partial charge in [-0.25, -0.2) is 14.2 Å². The maximum Gasteiger partial charge on any atom is 0.419 e. The number of hydrogen-bond donors (Lipinski definition) is 2. The summed E-state index contributed by atoms with van der Waals surface area (Å²) >= 11 is 0. The van der Waals surface area contributed by atoms with Crippen molar-refractivity contribution >= 4 is 11.8 Å². The molecule has 1 unspecified atom stereocenters. The molecule has 0 amide bonds. The second kappa shape index (κ2) is 8.02. The van der Waals surface area contributed by atoms with E-state index >= 15 is 0 Å². The molecule has 1 atom stereocenters. The Balaban J connectivity index is 1.94. The van der Waals surface area contributed by atoms with Crippen LogP contribution in [-0.4, -0.2) is 16.1 Å². The fourth-order valence-corrected chi connectivity index (χ4v) is 2.95. The molecule has 0 aliphatic rings. The summed E-state index contributed by atoms with van der Waals surface area (Å²) in [6, 6.07) is 10.4. The van der Waals surface area contributed by atoms with Gasteiger partial charge in [0.05, 0.1) is 11.1 Å². The average molecular weight is 420 g/mol. The third-order valence-corrected chi connectivity index (χ3v) is 4.42. The van der Waals surface area contributed by atoms with E-state index in [1.165, 1.54) is 37.4 Å². The van der Waals surface area contributed by atoms with Crippen molar-refractivity contribution in [2.75, 3.05) is 5.73 Å². The summed E-state index contributed by atoms with van der Waals surface area (Å²) in [5.74, 6) is -2.52. The number of rotatable bonds is 5. The van der Waals surface area contributed by atoms with E-state index in [1.807, 2.05) is 0 Å². The maximum atomic E-state index is 13.8. The van der Waals surface area contributed by atoms with Crippen molar-refractivity contribution in [3.8, 4) is 16.9 Å². The number of hydrogen-bond acceptors (Lipinski definition) is 4. The van der Waals surface area contributed by atoms with Crippen LogP contribution in [0.4, 0.5) is 23.4 Å². The molecule has 1 heterocycles. The van der Waals surface area contributed by atoms with Gasteiger partial charge >= 0.3 is 12.1 Å². The molecule has 0 aliphatic heterocycles. The van der Waals surface area contributed by atoms with Crippen molar-refractivity contribution in [3.05, 3.63) is 77.2 Å². The Morgan fingerprint density at radius 2 is 1.80 bits per heavy atom. The molecule has 3 rings (SSSR count). The molecule has 0 saturated carbocycles. The molecule has 0 spiro atoms. The van der Waals surface area contributed by atoms with Crippen molar-refractivity contribution < 1.29 is 32.2 Å². The summed E-state index contributed by atoms with van der Waals surface area (Å²) in [5.41, 5.74) is 5.24. The summed E-state index contributed by atoms with van der Waals surface area (Å²) in [5, 5.41) is 8.98. The predicted octanol–water partition coefficient (Wildman–Crippen LogP) is 5.33. The number of alkyl halides is 3. The van der Waals surface area contributed by atoms with Crippen molar-refractivity contribution in [1.82, 2.24) is 4.98 Å². The van der Waals surface area contributed by atoms with Gasteiger partial charge < -0.3 is 15.6 Å². The van der Waals surface area contributed by atoms with Gasteiger partial charge in [0, 0.05) is 17.3 Å². The Morgan fingerprint density at radius 1 is 1.13 bits per heavy atom. The molecule has 9 heteroatoms. The third-order valence-electron chi connectivity index (χ3n) is 4.42. The van der Waals surface area contributed by atoms with Crippen LogP contribution in [0.5, 0.6) is 5.75 Å². The second-order valence-electron chi connectivity index (χ2n) is 6.45. The number of carboxylic acids is 1. The van der Waals surface area contributed by atoms with E-state index in [-0.39, 0.29) is 22.7 Å². The minimum Gasteiger partial charge on any atom is -0.482 e. The lowest BCUT2D eigenvalue weighted by Crippen LogP contribution is -2.16. The van der Waals surface area contributed by atoms with Gasteiger partial charge in [-0.1, -0.05) is 24.3 Å². The Bertz CT molecular complexity index is 1080. The first-order valence-electron chi connectivity index (χ1n) is 8.69. The predicted molar refractivity (Wildman–Crippen MR) is 101 cm³/mol. The Kier molecular flexibility index (Phi) is 5.64. The van der Waals surface area contributed by atoms with Gasteiger partial charge in [-0.3, -0.25) is 0 Å². The van der Waals surface area contributed by atoms with Crippen LogP contribution in [0, 0.1) is 5.82 Å². The summed E-state index contributed by atoms with van der Waals surface area (Å²) in [6.07, 6.45) is -4.65. The molecule has 3 N–H and O–H groups in total. The van der Waals surface area contributed by atoms with Crippen LogP contribution in [-0.2, 0) is 6.18 Å². The Morgan fingerprint density at radius 3 is 2.40 bits per heavy atom. The zero-order chi connectivity index (χ0) is 22.1. The van der Waals surface area contributed by atoms with E-state index in [1.54, 1.807) is 12.1 Å². The van der Waals surface area contributed by atoms with Gasteiger partial charge in [0.2, 0.25) is 0 Å². The smallest absolute Gasteiger partial charge is 0.419 e. The second-order valence-corrected chi connectivity index (χ2v) is 6.45. The molecular formula is C21H16F4N2O3. The Hall–Kier alpha value is -3.62. The van der Waals surface area contributed by atoms with Crippen LogP contribution in [0.3, 0.4) is 0 Å². The molecule has 0 bridgehead atoms. The van der Waals surface area contributed by atoms with E-state index in [0.717, 1.165) is 12.1 Å². The number of pyridine rings is 1. The minimum absolute atomic E-state index is 0.0136. The summed E-state index contributed by atoms with van der Waals surface area (Å²) in [7, 11) is 0. The van der Waals surface area contributed by atoms with Crippen LogP contribution in [0.15, 0.2) is 54.7 Å². The number of aromatic carboxylic acids is 1. The minimum atomic E-state index is -4.89. The van der Waals surface area contributed by atoms with Crippen LogP contribution in [0.1, 0.15) is 34.5 Å². The molecule has 156 valence electrons. The number of carboxylic acid groups (broad SMARTS) is 1. The van der Waals surface area contributed by atoms with Gasteiger partial charge in [0.1, 0.15) is 11.9 Å². The van der Waals surface area contributed by atoms with Crippen molar-refractivity contribution in [3.63, 3.8) is 0 Å². The molecule has 1 aromatic heterocycles. The SMILES string of the molecule is CC(Oc1cc(-c2ccc(C(=O)O)cc2)cnc1N)c1cccc(F)c1C(F)(F)F. The topological polar surface area (TPSA) is 85.4 Å². The normalized spacial score (nSPS) is 12.4. The van der Waals surface area contributed by atoms with E-state index < -0.39 is 29.6 Å². The van der Waals surface area contributed by atoms with Gasteiger partial charge in [-0.15, -0.1) is 0 Å². The number of aromatic nitrogens is 1. The maximum absolute atomic E-state index is 13.8. The third kappa shape index (κ3) is 4.35. The lowest BCUT2D eigenvalue weighted by Gasteiger charge is -2.21. The summed E-state index contributed by atoms with van der Waals surface area (Å²) in [4.78, 5) is 15.0. The molecule has 2 aromatic carbocycles. The van der Waals surface area contributed by atoms with Gasteiger partial charge in [0.15, 0.2) is 11.6 Å². The highest BCUT2D eigenvalue weighted by molar-refractivity contribution is 5.88. The van der Waals surface area contributed by atoms with Crippen LogP contribution < -0.4 is 10.5 Å². The number of halogens is 4. The number of nitrogen functional groups attached to an aromatic ring is 1. The molecule has 3 aromatic rings. The molecule has 0 saturated heterocycles. The monoisotopic (exact) mass is 420 g/mol. The number of benzene rings is 2. The standard InChI is InChI=1S/C21H16F4N2O3/c1-11(15-3-2-4-16(22)18(15)21(23,24)25)30-17-9-14(10-27-19(17)26)12-5-7-13(8-6-12)20(28)29/h2-11H,1H3,(H2,26,27)(H,28,29).